The van der Waals surface area contributed by atoms with Gasteiger partial charge in [-0.1, -0.05) is 18.9 Å². The molecule has 0 aliphatic heterocycles. The third kappa shape index (κ3) is 13.3. The Morgan fingerprint density at radius 1 is 0.604 bits per heavy atom. The maximum absolute atomic E-state index is 13.1. The number of fused-ring (bicyclic) bond motifs is 1. The van der Waals surface area contributed by atoms with Crippen molar-refractivity contribution in [2.24, 2.45) is 23.7 Å². The smallest absolute Gasteiger partial charge is 0.330 e. The van der Waals surface area contributed by atoms with E-state index in [1.807, 2.05) is 0 Å². The van der Waals surface area contributed by atoms with Crippen LogP contribution in [0, 0.1) is 23.7 Å². The Kier molecular flexibility index (Phi) is 17.0. The summed E-state index contributed by atoms with van der Waals surface area (Å²) >= 11 is 0. The van der Waals surface area contributed by atoms with E-state index in [1.54, 1.807) is 0 Å². The summed E-state index contributed by atoms with van der Waals surface area (Å²) in [5.74, 6) is 0.506. The summed E-state index contributed by atoms with van der Waals surface area (Å²) in [6.45, 7) is 9.00. The fourth-order valence-electron chi connectivity index (χ4n) is 7.79. The van der Waals surface area contributed by atoms with Crippen LogP contribution in [0.2, 0.25) is 0 Å². The lowest BCUT2D eigenvalue weighted by Gasteiger charge is -2.41. The summed E-state index contributed by atoms with van der Waals surface area (Å²) in [4.78, 5) is 46.9. The van der Waals surface area contributed by atoms with Gasteiger partial charge in [-0.05, 0) is 127 Å². The average molecular weight is 675 g/mol. The zero-order valence-corrected chi connectivity index (χ0v) is 28.8. The second kappa shape index (κ2) is 21.4. The van der Waals surface area contributed by atoms with Crippen molar-refractivity contribution >= 4 is 17.9 Å². The van der Waals surface area contributed by atoms with E-state index in [2.05, 4.69) is 18.9 Å². The van der Waals surface area contributed by atoms with Gasteiger partial charge in [0.2, 0.25) is 0 Å². The molecule has 0 saturated heterocycles. The van der Waals surface area contributed by atoms with E-state index in [4.69, 9.17) is 33.5 Å². The molecule has 10 heteroatoms. The maximum atomic E-state index is 13.1. The molecule has 4 aliphatic carbocycles. The van der Waals surface area contributed by atoms with E-state index < -0.39 is 5.97 Å². The topological polar surface area (TPSA) is 116 Å². The number of carbonyl (C=O) groups excluding carboxylic acids is 3. The van der Waals surface area contributed by atoms with E-state index in [0.717, 1.165) is 116 Å². The molecule has 4 atom stereocenters. The molecule has 0 radical (unpaired) electrons. The lowest BCUT2D eigenvalue weighted by Crippen LogP contribution is -2.39. The van der Waals surface area contributed by atoms with Crippen LogP contribution in [0.4, 0.5) is 0 Å². The molecule has 4 aliphatic rings. The predicted molar refractivity (Wildman–Crippen MR) is 178 cm³/mol. The highest BCUT2D eigenvalue weighted by Crippen LogP contribution is 2.44. The second-order valence-electron chi connectivity index (χ2n) is 14.0. The molecule has 0 aromatic carbocycles. The number of rotatable bonds is 19. The lowest BCUT2D eigenvalue weighted by atomic mass is 9.67. The zero-order chi connectivity index (χ0) is 34.0. The van der Waals surface area contributed by atoms with Gasteiger partial charge >= 0.3 is 17.9 Å². The molecular weight excluding hydrogens is 616 g/mol. The SMILES string of the molecule is C=C=COOCCCCOC1CCC(OC(=O)C2CCC3CC(OC(=O)C4CCC(OCCCCOC(=O)C=C)CC4)CCC3C2)CC1. The van der Waals surface area contributed by atoms with Crippen molar-refractivity contribution in [3.8, 4) is 0 Å². The second-order valence-corrected chi connectivity index (χ2v) is 14.0. The molecule has 0 bridgehead atoms. The largest absolute Gasteiger partial charge is 0.463 e. The quantitative estimate of drug-likeness (QED) is 0.0205. The molecule has 4 fully saturated rings. The van der Waals surface area contributed by atoms with Gasteiger partial charge in [0.1, 0.15) is 12.2 Å². The van der Waals surface area contributed by atoms with E-state index in [9.17, 15) is 14.4 Å². The Balaban J connectivity index is 1.03. The third-order valence-electron chi connectivity index (χ3n) is 10.6. The fourth-order valence-corrected chi connectivity index (χ4v) is 7.79. The zero-order valence-electron chi connectivity index (χ0n) is 28.8. The summed E-state index contributed by atoms with van der Waals surface area (Å²) in [6, 6.07) is 0. The monoisotopic (exact) mass is 674 g/mol. The van der Waals surface area contributed by atoms with Crippen molar-refractivity contribution in [3.63, 3.8) is 0 Å². The van der Waals surface area contributed by atoms with Crippen LogP contribution in [0.3, 0.4) is 0 Å². The molecule has 0 N–H and O–H groups in total. The van der Waals surface area contributed by atoms with Crippen LogP contribution in [0.25, 0.3) is 0 Å². The molecule has 4 saturated carbocycles. The van der Waals surface area contributed by atoms with Crippen LogP contribution in [0.1, 0.15) is 116 Å². The van der Waals surface area contributed by atoms with Crippen LogP contribution < -0.4 is 0 Å². The normalized spacial score (nSPS) is 30.2. The van der Waals surface area contributed by atoms with Crippen LogP contribution in [-0.2, 0) is 47.8 Å². The fraction of sp³-hybridized carbons (Fsp3) is 0.789. The number of unbranched alkanes of at least 4 members (excludes halogenated alkanes) is 2. The van der Waals surface area contributed by atoms with Gasteiger partial charge in [0.25, 0.3) is 0 Å². The molecule has 270 valence electrons. The first-order valence-electron chi connectivity index (χ1n) is 18.5. The molecule has 0 amide bonds. The summed E-state index contributed by atoms with van der Waals surface area (Å²) in [7, 11) is 0. The molecule has 4 unspecified atom stereocenters. The first-order chi connectivity index (χ1) is 23.4. The van der Waals surface area contributed by atoms with Gasteiger partial charge in [0.05, 0.1) is 37.3 Å². The highest BCUT2D eigenvalue weighted by molar-refractivity contribution is 5.81. The molecule has 0 spiro atoms. The van der Waals surface area contributed by atoms with Crippen molar-refractivity contribution in [3.05, 3.63) is 31.2 Å². The standard InChI is InChI=1S/C38H58O10/c1-3-21-45-46-25-8-7-23-43-33-17-19-34(20-18-33)47-38(41)31-10-9-30-27-35(16-13-29(30)26-31)48-37(40)28-11-14-32(15-12-28)42-22-5-6-24-44-36(39)4-2/h4,21,28-35H,1-2,5-20,22-27H2. The summed E-state index contributed by atoms with van der Waals surface area (Å²) < 4.78 is 29.1. The Bertz CT molecular complexity index is 1040. The Morgan fingerprint density at radius 3 is 1.81 bits per heavy atom. The van der Waals surface area contributed by atoms with Crippen molar-refractivity contribution in [1.29, 1.82) is 0 Å². The van der Waals surface area contributed by atoms with E-state index in [-0.39, 0.29) is 48.2 Å². The van der Waals surface area contributed by atoms with E-state index >= 15 is 0 Å². The van der Waals surface area contributed by atoms with Crippen molar-refractivity contribution < 1.29 is 47.8 Å². The van der Waals surface area contributed by atoms with E-state index in [1.165, 1.54) is 12.3 Å². The predicted octanol–water partition coefficient (Wildman–Crippen LogP) is 7.10. The minimum atomic E-state index is -0.393. The van der Waals surface area contributed by atoms with Gasteiger partial charge in [0, 0.05) is 19.3 Å². The lowest BCUT2D eigenvalue weighted by molar-refractivity contribution is -0.249. The molecule has 0 heterocycles. The number of esters is 3. The summed E-state index contributed by atoms with van der Waals surface area (Å²) in [5, 5.41) is 0. The number of hydrogen-bond donors (Lipinski definition) is 0. The maximum Gasteiger partial charge on any atom is 0.330 e. The molecule has 0 aromatic rings. The van der Waals surface area contributed by atoms with Gasteiger partial charge in [-0.2, -0.15) is 4.89 Å². The minimum Gasteiger partial charge on any atom is -0.463 e. The Morgan fingerprint density at radius 2 is 1.12 bits per heavy atom. The van der Waals surface area contributed by atoms with Gasteiger partial charge in [-0.25, -0.2) is 4.79 Å². The molecule has 48 heavy (non-hydrogen) atoms. The Labute approximate surface area is 286 Å². The summed E-state index contributed by atoms with van der Waals surface area (Å²) in [6.07, 6.45) is 18.7. The van der Waals surface area contributed by atoms with Crippen LogP contribution >= 0.6 is 0 Å². The number of hydrogen-bond acceptors (Lipinski definition) is 10. The van der Waals surface area contributed by atoms with Crippen molar-refractivity contribution in [2.75, 3.05) is 26.4 Å². The van der Waals surface area contributed by atoms with Gasteiger partial charge < -0.3 is 28.6 Å². The molecule has 0 aromatic heterocycles. The van der Waals surface area contributed by atoms with Crippen LogP contribution in [-0.4, -0.2) is 68.8 Å². The summed E-state index contributed by atoms with van der Waals surface area (Å²) in [5.41, 5.74) is 2.48. The van der Waals surface area contributed by atoms with Crippen molar-refractivity contribution in [2.45, 2.75) is 140 Å². The number of carbonyl (C=O) groups is 3. The van der Waals surface area contributed by atoms with E-state index in [0.29, 0.717) is 38.3 Å². The molecule has 10 nitrogen and oxygen atoms in total. The van der Waals surface area contributed by atoms with Crippen LogP contribution in [0.15, 0.2) is 31.2 Å². The average Bonchev–Trinajstić information content (AvgIpc) is 3.11. The van der Waals surface area contributed by atoms with Crippen molar-refractivity contribution in [1.82, 2.24) is 0 Å². The van der Waals surface area contributed by atoms with Crippen LogP contribution in [0.5, 0.6) is 0 Å². The highest BCUT2D eigenvalue weighted by Gasteiger charge is 2.40. The molecule has 4 rings (SSSR count). The third-order valence-corrected chi connectivity index (χ3v) is 10.6. The molecular formula is C38H58O10. The van der Waals surface area contributed by atoms with Gasteiger partial charge in [-0.3, -0.25) is 9.59 Å². The first kappa shape index (κ1) is 38.2. The Hall–Kier alpha value is -2.65. The van der Waals surface area contributed by atoms with Gasteiger partial charge in [-0.15, -0.1) is 0 Å². The number of ether oxygens (including phenoxy) is 5. The highest BCUT2D eigenvalue weighted by atomic mass is 17.2. The minimum absolute atomic E-state index is 0.00380. The van der Waals surface area contributed by atoms with Gasteiger partial charge in [0.15, 0.2) is 6.26 Å². The first-order valence-corrected chi connectivity index (χ1v) is 18.5.